The summed E-state index contributed by atoms with van der Waals surface area (Å²) in [6.07, 6.45) is 0. The van der Waals surface area contributed by atoms with Crippen molar-refractivity contribution in [3.63, 3.8) is 0 Å². The van der Waals surface area contributed by atoms with Gasteiger partial charge in [0.2, 0.25) is 5.91 Å². The second-order valence-electron chi connectivity index (χ2n) is 3.18. The Morgan fingerprint density at radius 3 is 2.94 bits per heavy atom. The van der Waals surface area contributed by atoms with Gasteiger partial charge in [-0.25, -0.2) is 0 Å². The van der Waals surface area contributed by atoms with Gasteiger partial charge >= 0.3 is 0 Å². The van der Waals surface area contributed by atoms with E-state index in [1.807, 2.05) is 0 Å². The molecule has 0 aliphatic carbocycles. The maximum absolute atomic E-state index is 11.6. The lowest BCUT2D eigenvalue weighted by molar-refractivity contribution is -0.118. The number of halogens is 2. The Balaban J connectivity index is 2.69. The molecule has 0 heterocycles. The lowest BCUT2D eigenvalue weighted by Crippen LogP contribution is -2.39. The van der Waals surface area contributed by atoms with Crippen LogP contribution in [0, 0.1) is 0 Å². The van der Waals surface area contributed by atoms with Crippen LogP contribution in [0.5, 0.6) is 0 Å². The molecular formula is C10H12BrClN2O2. The van der Waals surface area contributed by atoms with Crippen LogP contribution in [0.4, 0.5) is 5.69 Å². The number of rotatable bonds is 4. The Morgan fingerprint density at radius 1 is 1.69 bits per heavy atom. The summed E-state index contributed by atoms with van der Waals surface area (Å²) in [5.41, 5.74) is 6.10. The second kappa shape index (κ2) is 6.20. The highest BCUT2D eigenvalue weighted by Gasteiger charge is 2.14. The van der Waals surface area contributed by atoms with Crippen LogP contribution in [-0.2, 0) is 9.53 Å². The summed E-state index contributed by atoms with van der Waals surface area (Å²) >= 11 is 9.21. The number of nitrogens with one attached hydrogen (secondary N) is 1. The summed E-state index contributed by atoms with van der Waals surface area (Å²) < 4.78 is 5.63. The molecule has 16 heavy (non-hydrogen) atoms. The van der Waals surface area contributed by atoms with Crippen LogP contribution in [0.25, 0.3) is 0 Å². The van der Waals surface area contributed by atoms with Crippen molar-refractivity contribution in [1.82, 2.24) is 0 Å². The fourth-order valence-electron chi connectivity index (χ4n) is 1.07. The van der Waals surface area contributed by atoms with Crippen molar-refractivity contribution in [2.24, 2.45) is 5.73 Å². The molecule has 0 bridgehead atoms. The first kappa shape index (κ1) is 13.4. The molecule has 1 atom stereocenters. The van der Waals surface area contributed by atoms with E-state index in [0.29, 0.717) is 10.7 Å². The van der Waals surface area contributed by atoms with Crippen molar-refractivity contribution in [3.8, 4) is 0 Å². The van der Waals surface area contributed by atoms with Crippen LogP contribution in [0.1, 0.15) is 0 Å². The molecule has 0 saturated heterocycles. The topological polar surface area (TPSA) is 64.3 Å². The van der Waals surface area contributed by atoms with Crippen LogP contribution in [0.2, 0.25) is 5.02 Å². The third kappa shape index (κ3) is 3.75. The molecule has 6 heteroatoms. The van der Waals surface area contributed by atoms with Crippen molar-refractivity contribution < 1.29 is 9.53 Å². The third-order valence-corrected chi connectivity index (χ3v) is 2.68. The van der Waals surface area contributed by atoms with Crippen LogP contribution < -0.4 is 11.1 Å². The summed E-state index contributed by atoms with van der Waals surface area (Å²) in [6, 6.07) is 4.47. The summed E-state index contributed by atoms with van der Waals surface area (Å²) in [5.74, 6) is -0.328. The maximum atomic E-state index is 11.6. The molecule has 4 nitrogen and oxygen atoms in total. The largest absolute Gasteiger partial charge is 0.383 e. The second-order valence-corrected chi connectivity index (χ2v) is 4.50. The Hall–Kier alpha value is -0.620. The Morgan fingerprint density at radius 2 is 2.38 bits per heavy atom. The molecule has 1 unspecified atom stereocenters. The molecule has 0 aliphatic rings. The van der Waals surface area contributed by atoms with E-state index in [1.165, 1.54) is 7.11 Å². The van der Waals surface area contributed by atoms with Gasteiger partial charge in [-0.15, -0.1) is 0 Å². The van der Waals surface area contributed by atoms with Crippen molar-refractivity contribution in [3.05, 3.63) is 27.7 Å². The first-order valence-corrected chi connectivity index (χ1v) is 5.72. The number of anilines is 1. The van der Waals surface area contributed by atoms with E-state index >= 15 is 0 Å². The zero-order valence-electron chi connectivity index (χ0n) is 8.67. The zero-order valence-corrected chi connectivity index (χ0v) is 11.0. The van der Waals surface area contributed by atoms with Crippen LogP contribution in [0.3, 0.4) is 0 Å². The lowest BCUT2D eigenvalue weighted by atomic mass is 10.2. The summed E-state index contributed by atoms with van der Waals surface area (Å²) in [6.45, 7) is 0.167. The highest BCUT2D eigenvalue weighted by atomic mass is 79.9. The molecule has 0 radical (unpaired) electrons. The van der Waals surface area contributed by atoms with Crippen molar-refractivity contribution in [2.75, 3.05) is 19.0 Å². The molecule has 1 amide bonds. The first-order chi connectivity index (χ1) is 7.54. The molecule has 0 fully saturated rings. The number of hydrogen-bond donors (Lipinski definition) is 2. The average Bonchev–Trinajstić information content (AvgIpc) is 2.22. The number of nitrogens with two attached hydrogens (primary N) is 1. The maximum Gasteiger partial charge on any atom is 0.243 e. The standard InChI is InChI=1S/C10H12BrClN2O2/c1-16-5-8(13)10(15)14-9-3-2-6(11)4-7(9)12/h2-4,8H,5,13H2,1H3,(H,14,15). The van der Waals surface area contributed by atoms with Crippen LogP contribution in [-0.4, -0.2) is 25.7 Å². The van der Waals surface area contributed by atoms with Crippen molar-refractivity contribution >= 4 is 39.1 Å². The summed E-state index contributed by atoms with van der Waals surface area (Å²) in [4.78, 5) is 11.6. The Kier molecular flexibility index (Phi) is 5.21. The Labute approximate surface area is 107 Å². The van der Waals surface area contributed by atoms with E-state index in [-0.39, 0.29) is 12.5 Å². The van der Waals surface area contributed by atoms with E-state index in [4.69, 9.17) is 22.1 Å². The van der Waals surface area contributed by atoms with Crippen LogP contribution in [0.15, 0.2) is 22.7 Å². The number of amides is 1. The molecule has 1 aromatic carbocycles. The van der Waals surface area contributed by atoms with E-state index in [9.17, 15) is 4.79 Å². The van der Waals surface area contributed by atoms with Gasteiger partial charge in [-0.1, -0.05) is 27.5 Å². The smallest absolute Gasteiger partial charge is 0.243 e. The van der Waals surface area contributed by atoms with Gasteiger partial charge in [0.1, 0.15) is 6.04 Å². The molecule has 1 aromatic rings. The molecule has 0 aromatic heterocycles. The number of ether oxygens (including phenoxy) is 1. The van der Waals surface area contributed by atoms with Crippen molar-refractivity contribution in [1.29, 1.82) is 0 Å². The fourth-order valence-corrected chi connectivity index (χ4v) is 1.79. The quantitative estimate of drug-likeness (QED) is 0.894. The van der Waals surface area contributed by atoms with Gasteiger partial charge in [-0.05, 0) is 18.2 Å². The molecular weight excluding hydrogens is 295 g/mol. The third-order valence-electron chi connectivity index (χ3n) is 1.87. The minimum absolute atomic E-state index is 0.167. The molecule has 1 rings (SSSR count). The minimum Gasteiger partial charge on any atom is -0.383 e. The number of carbonyl (C=O) groups is 1. The van der Waals surface area contributed by atoms with Gasteiger partial charge in [-0.3, -0.25) is 4.79 Å². The SMILES string of the molecule is COCC(N)C(=O)Nc1ccc(Br)cc1Cl. The van der Waals surface area contributed by atoms with E-state index in [2.05, 4.69) is 21.2 Å². The first-order valence-electron chi connectivity index (χ1n) is 4.55. The molecule has 0 saturated carbocycles. The monoisotopic (exact) mass is 306 g/mol. The summed E-state index contributed by atoms with van der Waals surface area (Å²) in [7, 11) is 1.49. The van der Waals surface area contributed by atoms with Gasteiger partial charge in [0.15, 0.2) is 0 Å². The zero-order chi connectivity index (χ0) is 12.1. The summed E-state index contributed by atoms with van der Waals surface area (Å²) in [5, 5.41) is 3.08. The van der Waals surface area contributed by atoms with E-state index < -0.39 is 6.04 Å². The van der Waals surface area contributed by atoms with Gasteiger partial charge in [0.05, 0.1) is 17.3 Å². The molecule has 0 spiro atoms. The predicted octanol–water partition coefficient (Wildman–Crippen LogP) is 2.01. The Bertz CT molecular complexity index is 387. The van der Waals surface area contributed by atoms with Gasteiger partial charge < -0.3 is 15.8 Å². The van der Waals surface area contributed by atoms with Crippen molar-refractivity contribution in [2.45, 2.75) is 6.04 Å². The number of methoxy groups -OCH3 is 1. The van der Waals surface area contributed by atoms with E-state index in [0.717, 1.165) is 4.47 Å². The fraction of sp³-hybridized carbons (Fsp3) is 0.300. The average molecular weight is 308 g/mol. The molecule has 0 aliphatic heterocycles. The predicted molar refractivity (Wildman–Crippen MR) is 67.6 cm³/mol. The number of hydrogen-bond acceptors (Lipinski definition) is 3. The van der Waals surface area contributed by atoms with Gasteiger partial charge in [-0.2, -0.15) is 0 Å². The normalized spacial score (nSPS) is 12.2. The minimum atomic E-state index is -0.704. The lowest BCUT2D eigenvalue weighted by Gasteiger charge is -2.12. The van der Waals surface area contributed by atoms with Gasteiger partial charge in [0, 0.05) is 11.6 Å². The highest BCUT2D eigenvalue weighted by molar-refractivity contribution is 9.10. The van der Waals surface area contributed by atoms with Gasteiger partial charge in [0.25, 0.3) is 0 Å². The molecule has 88 valence electrons. The van der Waals surface area contributed by atoms with E-state index in [1.54, 1.807) is 18.2 Å². The number of benzene rings is 1. The molecule has 3 N–H and O–H groups in total. The highest BCUT2D eigenvalue weighted by Crippen LogP contribution is 2.25. The van der Waals surface area contributed by atoms with Crippen LogP contribution >= 0.6 is 27.5 Å². The number of carbonyl (C=O) groups excluding carboxylic acids is 1.